The molecule has 6 rings (SSSR count). The van der Waals surface area contributed by atoms with E-state index in [1.54, 1.807) is 37.5 Å². The second kappa shape index (κ2) is 10.8. The zero-order valence-electron chi connectivity index (χ0n) is 25.0. The molecular formula is C32H30ClF3N8O. The van der Waals surface area contributed by atoms with Gasteiger partial charge >= 0.3 is 6.18 Å². The molecule has 0 aliphatic heterocycles. The topological polar surface area (TPSA) is 113 Å². The monoisotopic (exact) mass is 634 g/mol. The predicted octanol–water partition coefficient (Wildman–Crippen LogP) is 6.91. The number of alkyl halides is 3. The molecule has 13 heteroatoms. The van der Waals surface area contributed by atoms with Crippen LogP contribution in [-0.4, -0.2) is 37.3 Å². The Morgan fingerprint density at radius 3 is 2.60 bits per heavy atom. The quantitative estimate of drug-likeness (QED) is 0.191. The van der Waals surface area contributed by atoms with Crippen molar-refractivity contribution in [2.24, 2.45) is 12.5 Å². The van der Waals surface area contributed by atoms with E-state index >= 15 is 0 Å². The highest BCUT2D eigenvalue weighted by atomic mass is 35.5. The fourth-order valence-corrected chi connectivity index (χ4v) is 5.51. The Morgan fingerprint density at radius 1 is 1.16 bits per heavy atom. The minimum Gasteiger partial charge on any atom is -0.382 e. The lowest BCUT2D eigenvalue weighted by atomic mass is 9.92. The lowest BCUT2D eigenvalue weighted by Gasteiger charge is -2.28. The average Bonchev–Trinajstić information content (AvgIpc) is 3.54. The first kappa shape index (κ1) is 30.4. The van der Waals surface area contributed by atoms with Gasteiger partial charge in [0.15, 0.2) is 0 Å². The number of benzene rings is 2. The normalized spacial score (nSPS) is 15.2. The maximum atomic E-state index is 13.7. The molecule has 1 saturated carbocycles. The van der Waals surface area contributed by atoms with Gasteiger partial charge in [-0.15, -0.1) is 5.10 Å². The number of anilines is 2. The molecule has 0 amide bonds. The summed E-state index contributed by atoms with van der Waals surface area (Å²) >= 11 is 6.70. The Labute approximate surface area is 261 Å². The minimum absolute atomic E-state index is 0.0794. The molecule has 1 aliphatic carbocycles. The lowest BCUT2D eigenvalue weighted by molar-refractivity contribution is -0.206. The number of halogens is 4. The number of hydrogen-bond acceptors (Lipinski definition) is 7. The lowest BCUT2D eigenvalue weighted by Crippen LogP contribution is -2.38. The molecule has 2 N–H and O–H groups in total. The summed E-state index contributed by atoms with van der Waals surface area (Å²) in [4.78, 5) is 17.3. The van der Waals surface area contributed by atoms with E-state index in [-0.39, 0.29) is 27.4 Å². The van der Waals surface area contributed by atoms with Crippen LogP contribution in [0, 0.1) is 16.7 Å². The standard InChI is InChI=1S/C32H30ClF3N8O/c1-30(2,32(34,35)36)17-39-26-18(14-37)15-38-27-23(26)12-19(13-24(27)33)40-28(25-16-44(42-41-25)31(3)9-10-31)21-6-5-7-22-20(21)8-11-43(4)29(22)45/h5-8,11-13,15-16,28,40H,9-10,17H2,1-4H3,(H,38,39). The van der Waals surface area contributed by atoms with Gasteiger partial charge < -0.3 is 15.2 Å². The molecule has 1 atom stereocenters. The molecule has 0 spiro atoms. The maximum absolute atomic E-state index is 13.7. The van der Waals surface area contributed by atoms with Crippen LogP contribution >= 0.6 is 11.6 Å². The first-order valence-electron chi connectivity index (χ1n) is 14.3. The fourth-order valence-electron chi connectivity index (χ4n) is 5.24. The Bertz CT molecular complexity index is 2060. The second-order valence-electron chi connectivity index (χ2n) is 12.5. The van der Waals surface area contributed by atoms with Gasteiger partial charge in [-0.2, -0.15) is 18.4 Å². The molecule has 3 heterocycles. The zero-order valence-corrected chi connectivity index (χ0v) is 25.8. The minimum atomic E-state index is -4.47. The van der Waals surface area contributed by atoms with Crippen molar-refractivity contribution in [3.8, 4) is 6.07 Å². The molecule has 5 aromatic rings. The van der Waals surface area contributed by atoms with Crippen molar-refractivity contribution in [3.05, 3.63) is 87.2 Å². The molecule has 0 saturated heterocycles. The van der Waals surface area contributed by atoms with Crippen LogP contribution in [0.3, 0.4) is 0 Å². The van der Waals surface area contributed by atoms with E-state index in [0.717, 1.165) is 37.6 Å². The van der Waals surface area contributed by atoms with Crippen molar-refractivity contribution < 1.29 is 13.2 Å². The van der Waals surface area contributed by atoms with E-state index in [9.17, 15) is 23.2 Å². The molecule has 45 heavy (non-hydrogen) atoms. The van der Waals surface area contributed by atoms with Crippen molar-refractivity contribution in [2.45, 2.75) is 51.4 Å². The number of nitrogens with zero attached hydrogens (tertiary/aromatic N) is 6. The molecule has 232 valence electrons. The smallest absolute Gasteiger partial charge is 0.382 e. The largest absolute Gasteiger partial charge is 0.395 e. The van der Waals surface area contributed by atoms with Gasteiger partial charge in [-0.3, -0.25) is 9.78 Å². The van der Waals surface area contributed by atoms with E-state index in [1.165, 1.54) is 10.8 Å². The van der Waals surface area contributed by atoms with Gasteiger partial charge in [0.1, 0.15) is 11.8 Å². The Morgan fingerprint density at radius 2 is 1.91 bits per heavy atom. The van der Waals surface area contributed by atoms with Crippen LogP contribution in [-0.2, 0) is 12.6 Å². The third-order valence-corrected chi connectivity index (χ3v) is 8.92. The van der Waals surface area contributed by atoms with Crippen molar-refractivity contribution in [2.75, 3.05) is 17.2 Å². The summed E-state index contributed by atoms with van der Waals surface area (Å²) in [5.74, 6) is 0. The van der Waals surface area contributed by atoms with E-state index in [1.807, 2.05) is 29.1 Å². The molecule has 1 aliphatic rings. The van der Waals surface area contributed by atoms with Gasteiger partial charge in [-0.1, -0.05) is 28.9 Å². The molecule has 1 unspecified atom stereocenters. The van der Waals surface area contributed by atoms with Crippen LogP contribution in [0.25, 0.3) is 21.7 Å². The highest BCUT2D eigenvalue weighted by Gasteiger charge is 2.47. The number of fused-ring (bicyclic) bond motifs is 2. The van der Waals surface area contributed by atoms with E-state index in [0.29, 0.717) is 27.7 Å². The number of nitriles is 1. The molecule has 9 nitrogen and oxygen atoms in total. The average molecular weight is 635 g/mol. The third kappa shape index (κ3) is 5.46. The Hall–Kier alpha value is -4.63. The summed E-state index contributed by atoms with van der Waals surface area (Å²) in [6, 6.07) is 12.1. The number of hydrogen-bond donors (Lipinski definition) is 2. The molecule has 1 fully saturated rings. The summed E-state index contributed by atoms with van der Waals surface area (Å²) < 4.78 is 44.4. The summed E-state index contributed by atoms with van der Waals surface area (Å²) in [6.07, 6.45) is 2.37. The number of aromatic nitrogens is 5. The van der Waals surface area contributed by atoms with Crippen molar-refractivity contribution in [1.29, 1.82) is 5.26 Å². The molecule has 0 bridgehead atoms. The van der Waals surface area contributed by atoms with Gasteiger partial charge in [0.2, 0.25) is 0 Å². The summed E-state index contributed by atoms with van der Waals surface area (Å²) in [5, 5.41) is 26.9. The van der Waals surface area contributed by atoms with Crippen LogP contribution in [0.1, 0.15) is 56.5 Å². The number of nitrogens with one attached hydrogen (secondary N) is 2. The summed E-state index contributed by atoms with van der Waals surface area (Å²) in [5.41, 5.74) is 0.135. The first-order chi connectivity index (χ1) is 21.2. The predicted molar refractivity (Wildman–Crippen MR) is 167 cm³/mol. The van der Waals surface area contributed by atoms with Gasteiger partial charge in [0, 0.05) is 42.4 Å². The van der Waals surface area contributed by atoms with Crippen LogP contribution in [0.15, 0.2) is 59.8 Å². The van der Waals surface area contributed by atoms with Gasteiger partial charge in [-0.05, 0) is 68.8 Å². The maximum Gasteiger partial charge on any atom is 0.395 e. The second-order valence-corrected chi connectivity index (χ2v) is 12.9. The van der Waals surface area contributed by atoms with Crippen LogP contribution in [0.2, 0.25) is 5.02 Å². The fraction of sp³-hybridized carbons (Fsp3) is 0.344. The molecule has 0 radical (unpaired) electrons. The number of aryl methyl sites for hydroxylation is 1. The molecular weight excluding hydrogens is 605 g/mol. The van der Waals surface area contributed by atoms with Crippen LogP contribution in [0.5, 0.6) is 0 Å². The Balaban J connectivity index is 1.49. The van der Waals surface area contributed by atoms with Crippen LogP contribution < -0.4 is 16.2 Å². The van der Waals surface area contributed by atoms with Gasteiger partial charge in [0.25, 0.3) is 5.56 Å². The summed E-state index contributed by atoms with van der Waals surface area (Å²) in [6.45, 7) is 3.81. The zero-order chi connectivity index (χ0) is 32.3. The highest BCUT2D eigenvalue weighted by molar-refractivity contribution is 6.35. The van der Waals surface area contributed by atoms with Crippen molar-refractivity contribution >= 4 is 44.7 Å². The Kier molecular flexibility index (Phi) is 7.27. The van der Waals surface area contributed by atoms with Gasteiger partial charge in [-0.25, -0.2) is 4.68 Å². The molecule has 2 aromatic carbocycles. The first-order valence-corrected chi connectivity index (χ1v) is 14.7. The van der Waals surface area contributed by atoms with Crippen molar-refractivity contribution in [1.82, 2.24) is 24.5 Å². The van der Waals surface area contributed by atoms with Crippen molar-refractivity contribution in [3.63, 3.8) is 0 Å². The van der Waals surface area contributed by atoms with Crippen LogP contribution in [0.4, 0.5) is 24.5 Å². The SMILES string of the molecule is Cn1ccc2c(C(Nc3cc(Cl)c4ncc(C#N)c(NCC(C)(C)C(F)(F)F)c4c3)c3cn(C4(C)CC4)nn3)cccc2c1=O. The van der Waals surface area contributed by atoms with E-state index < -0.39 is 24.2 Å². The number of rotatable bonds is 8. The highest BCUT2D eigenvalue weighted by Crippen LogP contribution is 2.43. The van der Waals surface area contributed by atoms with E-state index in [4.69, 9.17) is 11.6 Å². The molecule has 3 aromatic heterocycles. The van der Waals surface area contributed by atoms with E-state index in [2.05, 4.69) is 32.9 Å². The van der Waals surface area contributed by atoms with Gasteiger partial charge in [0.05, 0.1) is 45.0 Å². The third-order valence-electron chi connectivity index (χ3n) is 8.63. The number of pyridine rings is 2. The summed E-state index contributed by atoms with van der Waals surface area (Å²) in [7, 11) is 1.69.